The minimum Gasteiger partial charge on any atom is -0.491 e. The largest absolute Gasteiger partial charge is 0.491 e. The van der Waals surface area contributed by atoms with Gasteiger partial charge in [0.25, 0.3) is 0 Å². The average Bonchev–Trinajstić information content (AvgIpc) is 2.34. The molecule has 0 saturated carbocycles. The highest BCUT2D eigenvalue weighted by molar-refractivity contribution is 5.73. The van der Waals surface area contributed by atoms with E-state index in [1.54, 1.807) is 0 Å². The number of carboxylic acid groups (broad SMARTS) is 1. The smallest absolute Gasteiger partial charge is 0.324 e. The molecule has 5 heteroatoms. The van der Waals surface area contributed by atoms with Gasteiger partial charge in [-0.3, -0.25) is 10.1 Å². The van der Waals surface area contributed by atoms with E-state index in [-0.39, 0.29) is 12.6 Å². The van der Waals surface area contributed by atoms with E-state index in [9.17, 15) is 4.79 Å². The lowest BCUT2D eigenvalue weighted by molar-refractivity contribution is -0.140. The number of nitrogens with one attached hydrogen (secondary N) is 1. The number of carboxylic acids is 1. The number of anilines is 1. The van der Waals surface area contributed by atoms with E-state index >= 15 is 0 Å². The van der Waals surface area contributed by atoms with E-state index in [0.29, 0.717) is 5.75 Å². The van der Waals surface area contributed by atoms with Crippen LogP contribution >= 0.6 is 0 Å². The Bertz CT molecular complexity index is 419. The summed E-state index contributed by atoms with van der Waals surface area (Å²) in [6.07, 6.45) is 0. The molecule has 1 aromatic carbocycles. The Labute approximate surface area is 114 Å². The van der Waals surface area contributed by atoms with Crippen molar-refractivity contribution in [3.05, 3.63) is 24.3 Å². The van der Waals surface area contributed by atoms with Gasteiger partial charge in [-0.05, 0) is 12.1 Å². The van der Waals surface area contributed by atoms with Gasteiger partial charge in [-0.25, -0.2) is 0 Å². The zero-order valence-electron chi connectivity index (χ0n) is 11.9. The molecule has 1 atom stereocenters. The van der Waals surface area contributed by atoms with Gasteiger partial charge < -0.3 is 14.7 Å². The lowest BCUT2D eigenvalue weighted by Gasteiger charge is -2.19. The molecule has 0 aliphatic carbocycles. The molecule has 1 unspecified atom stereocenters. The molecule has 0 radical (unpaired) electrons. The van der Waals surface area contributed by atoms with Crippen LogP contribution in [0.2, 0.25) is 0 Å². The van der Waals surface area contributed by atoms with Crippen LogP contribution in [-0.4, -0.2) is 43.9 Å². The summed E-state index contributed by atoms with van der Waals surface area (Å²) in [5.74, 6) is -0.236. The summed E-state index contributed by atoms with van der Waals surface area (Å²) >= 11 is 0. The van der Waals surface area contributed by atoms with Crippen molar-refractivity contribution in [3.8, 4) is 5.75 Å². The number of aliphatic carboxylic acids is 1. The predicted molar refractivity (Wildman–Crippen MR) is 76.0 cm³/mol. The molecule has 0 aromatic heterocycles. The van der Waals surface area contributed by atoms with Crippen LogP contribution in [-0.2, 0) is 4.79 Å². The summed E-state index contributed by atoms with van der Waals surface area (Å²) in [7, 11) is 3.89. The molecular formula is C14H22N2O3. The maximum absolute atomic E-state index is 11.1. The molecule has 5 nitrogen and oxygen atoms in total. The minimum atomic E-state index is -0.905. The first-order valence-corrected chi connectivity index (χ1v) is 6.29. The number of rotatable bonds is 7. The van der Waals surface area contributed by atoms with Crippen molar-refractivity contribution < 1.29 is 14.6 Å². The van der Waals surface area contributed by atoms with E-state index < -0.39 is 12.0 Å². The van der Waals surface area contributed by atoms with Crippen LogP contribution in [0.1, 0.15) is 13.8 Å². The quantitative estimate of drug-likeness (QED) is 0.784. The van der Waals surface area contributed by atoms with Gasteiger partial charge in [0.2, 0.25) is 0 Å². The second kappa shape index (κ2) is 6.99. The molecule has 1 aromatic rings. The van der Waals surface area contributed by atoms with Crippen LogP contribution in [0, 0.1) is 0 Å². The van der Waals surface area contributed by atoms with Gasteiger partial charge in [0.15, 0.2) is 0 Å². The van der Waals surface area contributed by atoms with E-state index in [1.165, 1.54) is 0 Å². The maximum Gasteiger partial charge on any atom is 0.324 e. The number of nitrogens with zero attached hydrogens (tertiary/aromatic N) is 1. The molecule has 0 saturated heterocycles. The molecule has 0 aliphatic rings. The second-order valence-corrected chi connectivity index (χ2v) is 4.91. The van der Waals surface area contributed by atoms with Gasteiger partial charge in [-0.1, -0.05) is 19.9 Å². The monoisotopic (exact) mass is 266 g/mol. The Morgan fingerprint density at radius 2 is 2.11 bits per heavy atom. The summed E-state index contributed by atoms with van der Waals surface area (Å²) in [5, 5.41) is 12.0. The van der Waals surface area contributed by atoms with E-state index in [0.717, 1.165) is 5.69 Å². The third-order valence-electron chi connectivity index (χ3n) is 2.58. The van der Waals surface area contributed by atoms with Crippen molar-refractivity contribution in [2.75, 3.05) is 25.6 Å². The standard InChI is InChI=1S/C14H22N2O3/c1-10(2)15-13(14(17)18)9-19-12-7-5-6-11(8-12)16(3)4/h5-8,10,13,15H,9H2,1-4H3,(H,17,18). The average molecular weight is 266 g/mol. The third-order valence-corrected chi connectivity index (χ3v) is 2.58. The number of carbonyl (C=O) groups is 1. The molecule has 0 bridgehead atoms. The lowest BCUT2D eigenvalue weighted by atomic mass is 10.2. The first kappa shape index (κ1) is 15.3. The molecule has 19 heavy (non-hydrogen) atoms. The first-order valence-electron chi connectivity index (χ1n) is 6.29. The van der Waals surface area contributed by atoms with Gasteiger partial charge in [-0.2, -0.15) is 0 Å². The van der Waals surface area contributed by atoms with Crippen molar-refractivity contribution in [1.82, 2.24) is 5.32 Å². The van der Waals surface area contributed by atoms with Crippen molar-refractivity contribution in [2.24, 2.45) is 0 Å². The number of benzene rings is 1. The van der Waals surface area contributed by atoms with Crippen LogP contribution in [0.15, 0.2) is 24.3 Å². The highest BCUT2D eigenvalue weighted by Gasteiger charge is 2.18. The Morgan fingerprint density at radius 1 is 1.42 bits per heavy atom. The zero-order valence-corrected chi connectivity index (χ0v) is 11.9. The van der Waals surface area contributed by atoms with E-state index in [1.807, 2.05) is 57.1 Å². The summed E-state index contributed by atoms with van der Waals surface area (Å²) in [6.45, 7) is 3.91. The van der Waals surface area contributed by atoms with Gasteiger partial charge in [-0.15, -0.1) is 0 Å². The molecular weight excluding hydrogens is 244 g/mol. The summed E-state index contributed by atoms with van der Waals surface area (Å²) in [5.41, 5.74) is 1.01. The fraction of sp³-hybridized carbons (Fsp3) is 0.500. The summed E-state index contributed by atoms with van der Waals surface area (Å²) < 4.78 is 5.55. The summed E-state index contributed by atoms with van der Waals surface area (Å²) in [6, 6.07) is 6.94. The molecule has 0 heterocycles. The first-order chi connectivity index (χ1) is 8.90. The Balaban J connectivity index is 2.63. The van der Waals surface area contributed by atoms with Crippen LogP contribution < -0.4 is 15.0 Å². The molecule has 0 fully saturated rings. The molecule has 106 valence electrons. The van der Waals surface area contributed by atoms with Crippen LogP contribution in [0.25, 0.3) is 0 Å². The fourth-order valence-electron chi connectivity index (χ4n) is 1.62. The lowest BCUT2D eigenvalue weighted by Crippen LogP contribution is -2.44. The normalized spacial score (nSPS) is 12.3. The minimum absolute atomic E-state index is 0.0952. The van der Waals surface area contributed by atoms with Gasteiger partial charge in [0.05, 0.1) is 0 Å². The number of ether oxygens (including phenoxy) is 1. The Kier molecular flexibility index (Phi) is 5.63. The topological polar surface area (TPSA) is 61.8 Å². The SMILES string of the molecule is CC(C)NC(COc1cccc(N(C)C)c1)C(=O)O. The fourth-order valence-corrected chi connectivity index (χ4v) is 1.62. The highest BCUT2D eigenvalue weighted by atomic mass is 16.5. The van der Waals surface area contributed by atoms with Gasteiger partial charge >= 0.3 is 5.97 Å². The van der Waals surface area contributed by atoms with Gasteiger partial charge in [0, 0.05) is 31.9 Å². The maximum atomic E-state index is 11.1. The highest BCUT2D eigenvalue weighted by Crippen LogP contribution is 2.19. The number of hydrogen-bond acceptors (Lipinski definition) is 4. The Hall–Kier alpha value is -1.75. The summed E-state index contributed by atoms with van der Waals surface area (Å²) in [4.78, 5) is 13.0. The molecule has 0 amide bonds. The third kappa shape index (κ3) is 5.18. The molecule has 1 rings (SSSR count). The molecule has 2 N–H and O–H groups in total. The van der Waals surface area contributed by atoms with Crippen molar-refractivity contribution >= 4 is 11.7 Å². The van der Waals surface area contributed by atoms with Gasteiger partial charge in [0.1, 0.15) is 18.4 Å². The Morgan fingerprint density at radius 3 is 2.63 bits per heavy atom. The molecule has 0 aliphatic heterocycles. The van der Waals surface area contributed by atoms with Crippen LogP contribution in [0.4, 0.5) is 5.69 Å². The zero-order chi connectivity index (χ0) is 14.4. The van der Waals surface area contributed by atoms with Crippen molar-refractivity contribution in [2.45, 2.75) is 25.9 Å². The van der Waals surface area contributed by atoms with E-state index in [2.05, 4.69) is 5.32 Å². The second-order valence-electron chi connectivity index (χ2n) is 4.91. The molecule has 0 spiro atoms. The van der Waals surface area contributed by atoms with Crippen LogP contribution in [0.3, 0.4) is 0 Å². The van der Waals surface area contributed by atoms with Crippen molar-refractivity contribution in [1.29, 1.82) is 0 Å². The van der Waals surface area contributed by atoms with Crippen LogP contribution in [0.5, 0.6) is 5.75 Å². The predicted octanol–water partition coefficient (Wildman–Crippen LogP) is 1.58. The van der Waals surface area contributed by atoms with E-state index in [4.69, 9.17) is 9.84 Å². The number of hydrogen-bond donors (Lipinski definition) is 2. The van der Waals surface area contributed by atoms with Crippen molar-refractivity contribution in [3.63, 3.8) is 0 Å².